The van der Waals surface area contributed by atoms with E-state index in [0.717, 1.165) is 4.90 Å². The molecule has 2 amide bonds. The van der Waals surface area contributed by atoms with E-state index in [0.29, 0.717) is 0 Å². The summed E-state index contributed by atoms with van der Waals surface area (Å²) in [6.45, 7) is 3.40. The van der Waals surface area contributed by atoms with E-state index in [2.05, 4.69) is 15.9 Å². The van der Waals surface area contributed by atoms with Crippen LogP contribution in [0.15, 0.2) is 12.2 Å². The number of carbonyl (C=O) groups excluding carboxylic acids is 3. The summed E-state index contributed by atoms with van der Waals surface area (Å²) in [5, 5.41) is 0. The molecule has 0 radical (unpaired) electrons. The van der Waals surface area contributed by atoms with Crippen molar-refractivity contribution in [2.45, 2.75) is 18.2 Å². The van der Waals surface area contributed by atoms with E-state index in [-0.39, 0.29) is 25.0 Å². The van der Waals surface area contributed by atoms with Crippen LogP contribution in [-0.4, -0.2) is 40.2 Å². The lowest BCUT2D eigenvalue weighted by Crippen LogP contribution is -2.35. The Kier molecular flexibility index (Phi) is 3.85. The molecule has 0 N–H and O–H groups in total. The van der Waals surface area contributed by atoms with Crippen molar-refractivity contribution >= 4 is 33.7 Å². The molecule has 0 spiro atoms. The highest BCUT2D eigenvalue weighted by Crippen LogP contribution is 2.17. The van der Waals surface area contributed by atoms with Crippen LogP contribution in [0.3, 0.4) is 0 Å². The molecule has 5 nitrogen and oxygen atoms in total. The molecule has 0 aromatic heterocycles. The van der Waals surface area contributed by atoms with Gasteiger partial charge in [0, 0.05) is 12.2 Å². The summed E-state index contributed by atoms with van der Waals surface area (Å²) in [7, 11) is 0. The second-order valence-electron chi connectivity index (χ2n) is 3.77. The van der Waals surface area contributed by atoms with E-state index < -0.39 is 10.3 Å². The van der Waals surface area contributed by atoms with Crippen LogP contribution in [0.5, 0.6) is 0 Å². The van der Waals surface area contributed by atoms with Gasteiger partial charge in [0.05, 0.1) is 6.54 Å². The van der Waals surface area contributed by atoms with Crippen molar-refractivity contribution in [3.05, 3.63) is 12.2 Å². The van der Waals surface area contributed by atoms with E-state index in [1.54, 1.807) is 13.8 Å². The van der Waals surface area contributed by atoms with Crippen LogP contribution in [0.1, 0.15) is 13.8 Å². The average molecular weight is 290 g/mol. The summed E-state index contributed by atoms with van der Waals surface area (Å²) in [5.74, 6) is -1.18. The lowest BCUT2D eigenvalue weighted by Gasteiger charge is -2.17. The van der Waals surface area contributed by atoms with Crippen LogP contribution in [-0.2, 0) is 19.1 Å². The van der Waals surface area contributed by atoms with Gasteiger partial charge in [0.1, 0.15) is 10.9 Å². The number of hydrogen-bond donors (Lipinski definition) is 0. The zero-order chi connectivity index (χ0) is 12.3. The normalized spacial score (nSPS) is 15.8. The Morgan fingerprint density at radius 2 is 1.88 bits per heavy atom. The van der Waals surface area contributed by atoms with E-state index in [4.69, 9.17) is 4.74 Å². The largest absolute Gasteiger partial charge is 0.463 e. The average Bonchev–Trinajstić information content (AvgIpc) is 2.47. The van der Waals surface area contributed by atoms with Crippen molar-refractivity contribution in [3.8, 4) is 0 Å². The summed E-state index contributed by atoms with van der Waals surface area (Å²) in [4.78, 5) is 34.6. The lowest BCUT2D eigenvalue weighted by atomic mass is 10.2. The predicted octanol–water partition coefficient (Wildman–Crippen LogP) is 0.628. The van der Waals surface area contributed by atoms with Gasteiger partial charge in [-0.1, -0.05) is 15.9 Å². The molecule has 1 heterocycles. The van der Waals surface area contributed by atoms with Crippen molar-refractivity contribution in [1.82, 2.24) is 4.90 Å². The first-order chi connectivity index (χ1) is 7.32. The zero-order valence-electron chi connectivity index (χ0n) is 9.03. The maximum atomic E-state index is 11.3. The molecule has 16 heavy (non-hydrogen) atoms. The van der Waals surface area contributed by atoms with Gasteiger partial charge in [-0.05, 0) is 13.8 Å². The topological polar surface area (TPSA) is 63.7 Å². The molecule has 88 valence electrons. The van der Waals surface area contributed by atoms with E-state index >= 15 is 0 Å². The first-order valence-electron chi connectivity index (χ1n) is 4.72. The van der Waals surface area contributed by atoms with Crippen molar-refractivity contribution in [1.29, 1.82) is 0 Å². The third-order valence-corrected chi connectivity index (χ3v) is 2.26. The SMILES string of the molecule is CC(C)(Br)C(=O)OCCN1C(=O)C=CC1=O. The van der Waals surface area contributed by atoms with Crippen molar-refractivity contribution in [2.24, 2.45) is 0 Å². The summed E-state index contributed by atoms with van der Waals surface area (Å²) in [5.41, 5.74) is 0. The highest BCUT2D eigenvalue weighted by atomic mass is 79.9. The highest BCUT2D eigenvalue weighted by molar-refractivity contribution is 9.10. The van der Waals surface area contributed by atoms with Crippen molar-refractivity contribution in [3.63, 3.8) is 0 Å². The molecule has 0 atom stereocenters. The molecular weight excluding hydrogens is 278 g/mol. The number of carbonyl (C=O) groups is 3. The van der Waals surface area contributed by atoms with Gasteiger partial charge in [0.15, 0.2) is 0 Å². The Bertz CT molecular complexity index is 338. The van der Waals surface area contributed by atoms with Gasteiger partial charge >= 0.3 is 5.97 Å². The number of amides is 2. The molecule has 1 aliphatic heterocycles. The molecule has 0 unspecified atom stereocenters. The molecule has 0 aromatic rings. The van der Waals surface area contributed by atoms with Crippen LogP contribution >= 0.6 is 15.9 Å². The van der Waals surface area contributed by atoms with Crippen LogP contribution in [0.2, 0.25) is 0 Å². The summed E-state index contributed by atoms with van der Waals surface area (Å²) in [6, 6.07) is 0. The van der Waals surface area contributed by atoms with Crippen LogP contribution in [0.4, 0.5) is 0 Å². The second-order valence-corrected chi connectivity index (χ2v) is 5.75. The standard InChI is InChI=1S/C10H12BrNO4/c1-10(2,11)9(15)16-6-5-12-7(13)3-4-8(12)14/h3-4H,5-6H2,1-2H3. The molecule has 6 heteroatoms. The number of ether oxygens (including phenoxy) is 1. The minimum atomic E-state index is -0.760. The first-order valence-corrected chi connectivity index (χ1v) is 5.51. The number of halogens is 1. The Morgan fingerprint density at radius 3 is 2.31 bits per heavy atom. The Labute approximate surface area is 102 Å². The molecule has 1 rings (SSSR count). The van der Waals surface area contributed by atoms with E-state index in [9.17, 15) is 14.4 Å². The zero-order valence-corrected chi connectivity index (χ0v) is 10.6. The molecule has 0 fully saturated rings. The maximum Gasteiger partial charge on any atom is 0.322 e. The van der Waals surface area contributed by atoms with Gasteiger partial charge in [-0.2, -0.15) is 0 Å². The molecule has 1 aliphatic rings. The van der Waals surface area contributed by atoms with Crippen LogP contribution in [0.25, 0.3) is 0 Å². The van der Waals surface area contributed by atoms with Crippen molar-refractivity contribution in [2.75, 3.05) is 13.2 Å². The fourth-order valence-corrected chi connectivity index (χ4v) is 1.17. The third-order valence-electron chi connectivity index (χ3n) is 1.93. The van der Waals surface area contributed by atoms with E-state index in [1.165, 1.54) is 12.2 Å². The first kappa shape index (κ1) is 12.9. The lowest BCUT2D eigenvalue weighted by molar-refractivity contribution is -0.148. The molecule has 0 saturated heterocycles. The third kappa shape index (κ3) is 3.16. The number of esters is 1. The Hall–Kier alpha value is -1.17. The molecule has 0 aromatic carbocycles. The fraction of sp³-hybridized carbons (Fsp3) is 0.500. The van der Waals surface area contributed by atoms with Crippen LogP contribution < -0.4 is 0 Å². The van der Waals surface area contributed by atoms with Crippen molar-refractivity contribution < 1.29 is 19.1 Å². The summed E-state index contributed by atoms with van der Waals surface area (Å²) in [6.07, 6.45) is 2.39. The highest BCUT2D eigenvalue weighted by Gasteiger charge is 2.27. The molecule has 0 bridgehead atoms. The summed E-state index contributed by atoms with van der Waals surface area (Å²) >= 11 is 3.15. The smallest absolute Gasteiger partial charge is 0.322 e. The monoisotopic (exact) mass is 289 g/mol. The number of nitrogens with zero attached hydrogens (tertiary/aromatic N) is 1. The summed E-state index contributed by atoms with van der Waals surface area (Å²) < 4.78 is 4.15. The predicted molar refractivity (Wildman–Crippen MR) is 59.8 cm³/mol. The fourth-order valence-electron chi connectivity index (χ4n) is 1.05. The van der Waals surface area contributed by atoms with Gasteiger partial charge in [-0.3, -0.25) is 19.3 Å². The molecular formula is C10H12BrNO4. The van der Waals surface area contributed by atoms with Gasteiger partial charge in [-0.15, -0.1) is 0 Å². The Morgan fingerprint density at radius 1 is 1.38 bits per heavy atom. The minimum absolute atomic E-state index is 0.00697. The van der Waals surface area contributed by atoms with Gasteiger partial charge in [-0.25, -0.2) is 0 Å². The molecule has 0 saturated carbocycles. The number of alkyl halides is 1. The minimum Gasteiger partial charge on any atom is -0.463 e. The quantitative estimate of drug-likeness (QED) is 0.433. The number of rotatable bonds is 4. The number of hydrogen-bond acceptors (Lipinski definition) is 4. The van der Waals surface area contributed by atoms with Gasteiger partial charge < -0.3 is 4.74 Å². The number of imide groups is 1. The Balaban J connectivity index is 2.35. The van der Waals surface area contributed by atoms with Gasteiger partial charge in [0.25, 0.3) is 11.8 Å². The van der Waals surface area contributed by atoms with Crippen LogP contribution in [0, 0.1) is 0 Å². The maximum absolute atomic E-state index is 11.3. The molecule has 0 aliphatic carbocycles. The van der Waals surface area contributed by atoms with Gasteiger partial charge in [0.2, 0.25) is 0 Å². The second kappa shape index (κ2) is 4.78. The van der Waals surface area contributed by atoms with E-state index in [1.807, 2.05) is 0 Å².